The molecule has 0 bridgehead atoms. The normalized spacial score (nSPS) is 17.8. The van der Waals surface area contributed by atoms with Gasteiger partial charge in [0.25, 0.3) is 0 Å². The molecule has 0 N–H and O–H groups in total. The Morgan fingerprint density at radius 3 is 1.67 bits per heavy atom. The Kier molecular flexibility index (Phi) is 11.0. The molecule has 1 aliphatic carbocycles. The van der Waals surface area contributed by atoms with Crippen LogP contribution in [-0.4, -0.2) is 0 Å². The molecule has 0 aliphatic heterocycles. The van der Waals surface area contributed by atoms with E-state index in [0.717, 1.165) is 29.7 Å². The molecule has 1 fully saturated rings. The minimum atomic E-state index is 0.778. The van der Waals surface area contributed by atoms with E-state index in [4.69, 9.17) is 11.6 Å². The largest absolute Gasteiger partial charge is 0.0843 e. The fourth-order valence-corrected chi connectivity index (χ4v) is 5.98. The van der Waals surface area contributed by atoms with Crippen LogP contribution in [-0.2, 0) is 25.7 Å². The Morgan fingerprint density at radius 1 is 0.556 bits per heavy atom. The van der Waals surface area contributed by atoms with Gasteiger partial charge in [-0.1, -0.05) is 105 Å². The lowest BCUT2D eigenvalue weighted by atomic mass is 9.76. The van der Waals surface area contributed by atoms with E-state index < -0.39 is 0 Å². The second-order valence-corrected chi connectivity index (χ2v) is 11.5. The summed E-state index contributed by atoms with van der Waals surface area (Å²) < 4.78 is 0. The molecule has 0 aromatic heterocycles. The topological polar surface area (TPSA) is 0 Å². The summed E-state index contributed by atoms with van der Waals surface area (Å²) in [7, 11) is 0. The molecule has 4 rings (SSSR count). The third kappa shape index (κ3) is 8.81. The molecule has 36 heavy (non-hydrogen) atoms. The molecule has 0 amide bonds. The highest BCUT2D eigenvalue weighted by Gasteiger charge is 2.22. The lowest BCUT2D eigenvalue weighted by molar-refractivity contribution is 0.310. The highest BCUT2D eigenvalue weighted by molar-refractivity contribution is 6.30. The third-order valence-corrected chi connectivity index (χ3v) is 8.60. The van der Waals surface area contributed by atoms with Gasteiger partial charge in [0.2, 0.25) is 0 Å². The van der Waals surface area contributed by atoms with Gasteiger partial charge in [-0.25, -0.2) is 0 Å². The van der Waals surface area contributed by atoms with Crippen LogP contribution in [0.3, 0.4) is 0 Å². The summed E-state index contributed by atoms with van der Waals surface area (Å²) in [5.41, 5.74) is 7.39. The molecular weight excluding hydrogens is 456 g/mol. The van der Waals surface area contributed by atoms with Crippen molar-refractivity contribution in [2.24, 2.45) is 5.92 Å². The molecule has 0 saturated heterocycles. The van der Waals surface area contributed by atoms with Crippen LogP contribution in [0.1, 0.15) is 105 Å². The Balaban J connectivity index is 1.14. The zero-order chi connectivity index (χ0) is 25.0. The molecule has 192 valence electrons. The number of aryl methyl sites for hydroxylation is 4. The average molecular weight is 501 g/mol. The van der Waals surface area contributed by atoms with Crippen LogP contribution in [0.15, 0.2) is 72.8 Å². The molecule has 0 radical (unpaired) electrons. The average Bonchev–Trinajstić information content (AvgIpc) is 2.93. The van der Waals surface area contributed by atoms with Crippen LogP contribution in [0, 0.1) is 5.92 Å². The molecule has 1 saturated carbocycles. The Bertz CT molecular complexity index is 992. The predicted molar refractivity (Wildman–Crippen MR) is 157 cm³/mol. The van der Waals surface area contributed by atoms with Gasteiger partial charge in [0.05, 0.1) is 0 Å². The Labute approximate surface area is 225 Å². The number of unbranched alkanes of at least 4 members (excludes halogenated alkanes) is 4. The lowest BCUT2D eigenvalue weighted by Crippen LogP contribution is -2.14. The molecule has 0 spiro atoms. The van der Waals surface area contributed by atoms with Crippen LogP contribution in [0.5, 0.6) is 0 Å². The van der Waals surface area contributed by atoms with Gasteiger partial charge in [-0.3, -0.25) is 0 Å². The van der Waals surface area contributed by atoms with Gasteiger partial charge in [-0.2, -0.15) is 0 Å². The summed E-state index contributed by atoms with van der Waals surface area (Å²) in [5, 5.41) is 0.814. The standard InChI is InChI=1S/C35H45Cl/c1-2-3-4-5-6-7-28-16-22-33(23-17-28)34-24-18-31(19-25-34)14-12-29-8-10-30(11-9-29)13-15-32-20-26-35(36)27-21-32/h8-11,16-17,20-23,26-27,31,34H,2-7,12-15,18-19,24-25H2,1H3. The van der Waals surface area contributed by atoms with Crippen LogP contribution < -0.4 is 0 Å². The van der Waals surface area contributed by atoms with E-state index in [0.29, 0.717) is 0 Å². The van der Waals surface area contributed by atoms with Crippen molar-refractivity contribution in [2.75, 3.05) is 0 Å². The van der Waals surface area contributed by atoms with Crippen molar-refractivity contribution in [1.82, 2.24) is 0 Å². The van der Waals surface area contributed by atoms with Gasteiger partial charge in [-0.15, -0.1) is 0 Å². The third-order valence-electron chi connectivity index (χ3n) is 8.35. The van der Waals surface area contributed by atoms with E-state index in [2.05, 4.69) is 67.6 Å². The van der Waals surface area contributed by atoms with Gasteiger partial charge in [0.15, 0.2) is 0 Å². The second kappa shape index (κ2) is 14.6. The predicted octanol–water partition coefficient (Wildman–Crippen LogP) is 10.5. The SMILES string of the molecule is CCCCCCCc1ccc(C2CCC(CCc3ccc(CCc4ccc(Cl)cc4)cc3)CC2)cc1. The van der Waals surface area contributed by atoms with Crippen molar-refractivity contribution in [3.05, 3.63) is 106 Å². The molecule has 3 aromatic rings. The lowest BCUT2D eigenvalue weighted by Gasteiger charge is -2.29. The van der Waals surface area contributed by atoms with Crippen LogP contribution in [0.4, 0.5) is 0 Å². The van der Waals surface area contributed by atoms with E-state index in [-0.39, 0.29) is 0 Å². The summed E-state index contributed by atoms with van der Waals surface area (Å²) in [4.78, 5) is 0. The zero-order valence-corrected chi connectivity index (χ0v) is 23.1. The fraction of sp³-hybridized carbons (Fsp3) is 0.486. The van der Waals surface area contributed by atoms with E-state index in [1.54, 1.807) is 5.56 Å². The van der Waals surface area contributed by atoms with Crippen molar-refractivity contribution in [3.63, 3.8) is 0 Å². The summed E-state index contributed by atoms with van der Waals surface area (Å²) in [5.74, 6) is 1.67. The Hall–Kier alpha value is -2.05. The minimum Gasteiger partial charge on any atom is -0.0843 e. The molecule has 0 nitrogen and oxygen atoms in total. The van der Waals surface area contributed by atoms with E-state index in [1.165, 1.54) is 99.3 Å². The molecule has 1 aliphatic rings. The summed E-state index contributed by atoms with van der Waals surface area (Å²) >= 11 is 6.00. The van der Waals surface area contributed by atoms with Crippen molar-refractivity contribution in [2.45, 2.75) is 103 Å². The first kappa shape index (κ1) is 27.0. The second-order valence-electron chi connectivity index (χ2n) is 11.1. The zero-order valence-electron chi connectivity index (χ0n) is 22.4. The number of halogens is 1. The van der Waals surface area contributed by atoms with Gasteiger partial charge in [-0.05, 0) is 116 Å². The first-order valence-corrected chi connectivity index (χ1v) is 15.0. The number of hydrogen-bond acceptors (Lipinski definition) is 0. The van der Waals surface area contributed by atoms with Crippen molar-refractivity contribution >= 4 is 11.6 Å². The van der Waals surface area contributed by atoms with Gasteiger partial charge in [0.1, 0.15) is 0 Å². The maximum Gasteiger partial charge on any atom is 0.0406 e. The van der Waals surface area contributed by atoms with Crippen LogP contribution in [0.25, 0.3) is 0 Å². The summed E-state index contributed by atoms with van der Waals surface area (Å²) in [6, 6.07) is 27.3. The first-order chi connectivity index (χ1) is 17.7. The monoisotopic (exact) mass is 500 g/mol. The summed E-state index contributed by atoms with van der Waals surface area (Å²) in [6.07, 6.45) is 18.3. The minimum absolute atomic E-state index is 0.778. The molecule has 3 aromatic carbocycles. The van der Waals surface area contributed by atoms with Gasteiger partial charge >= 0.3 is 0 Å². The van der Waals surface area contributed by atoms with Crippen LogP contribution in [0.2, 0.25) is 5.02 Å². The quantitative estimate of drug-likeness (QED) is 0.205. The highest BCUT2D eigenvalue weighted by Crippen LogP contribution is 2.37. The Morgan fingerprint density at radius 2 is 1.06 bits per heavy atom. The molecule has 0 unspecified atom stereocenters. The highest BCUT2D eigenvalue weighted by atomic mass is 35.5. The number of rotatable bonds is 13. The van der Waals surface area contributed by atoms with Crippen LogP contribution >= 0.6 is 11.6 Å². The van der Waals surface area contributed by atoms with Crippen molar-refractivity contribution < 1.29 is 0 Å². The summed E-state index contributed by atoms with van der Waals surface area (Å²) in [6.45, 7) is 2.29. The number of benzene rings is 3. The first-order valence-electron chi connectivity index (χ1n) is 14.6. The van der Waals surface area contributed by atoms with E-state index in [9.17, 15) is 0 Å². The van der Waals surface area contributed by atoms with Crippen molar-refractivity contribution in [1.29, 1.82) is 0 Å². The van der Waals surface area contributed by atoms with Gasteiger partial charge < -0.3 is 0 Å². The fourth-order valence-electron chi connectivity index (χ4n) is 5.86. The molecule has 0 heterocycles. The smallest absolute Gasteiger partial charge is 0.0406 e. The molecular formula is C35H45Cl. The maximum atomic E-state index is 6.00. The van der Waals surface area contributed by atoms with E-state index >= 15 is 0 Å². The number of hydrogen-bond donors (Lipinski definition) is 0. The molecule has 1 heteroatoms. The van der Waals surface area contributed by atoms with Crippen molar-refractivity contribution in [3.8, 4) is 0 Å². The van der Waals surface area contributed by atoms with Gasteiger partial charge in [0, 0.05) is 5.02 Å². The van der Waals surface area contributed by atoms with E-state index in [1.807, 2.05) is 12.1 Å². The maximum absolute atomic E-state index is 6.00. The molecule has 0 atom stereocenters.